The zero-order chi connectivity index (χ0) is 19.0. The summed E-state index contributed by atoms with van der Waals surface area (Å²) in [5, 5.41) is 1.29. The number of rotatable bonds is 6. The van der Waals surface area contributed by atoms with Crippen LogP contribution in [0.4, 0.5) is 4.39 Å². The first-order chi connectivity index (χ1) is 13.2. The largest absolute Gasteiger partial charge is 0.361 e. The summed E-state index contributed by atoms with van der Waals surface area (Å²) in [5.74, 6) is -0.153. The highest BCUT2D eigenvalue weighted by atomic mass is 19.1. The van der Waals surface area contributed by atoms with Crippen molar-refractivity contribution in [2.24, 2.45) is 5.92 Å². The molecule has 2 aliphatic rings. The lowest BCUT2D eigenvalue weighted by Crippen LogP contribution is -2.49. The monoisotopic (exact) mass is 369 g/mol. The van der Waals surface area contributed by atoms with Gasteiger partial charge in [0.25, 0.3) is 0 Å². The van der Waals surface area contributed by atoms with Gasteiger partial charge in [-0.25, -0.2) is 4.39 Å². The van der Waals surface area contributed by atoms with Gasteiger partial charge in [0.2, 0.25) is 5.91 Å². The quantitative estimate of drug-likeness (QED) is 0.844. The second-order valence-electron chi connectivity index (χ2n) is 7.59. The van der Waals surface area contributed by atoms with Gasteiger partial charge in [-0.1, -0.05) is 25.1 Å². The lowest BCUT2D eigenvalue weighted by Gasteiger charge is -2.42. The molecule has 0 spiro atoms. The molecule has 2 atom stereocenters. The number of amides is 1. The lowest BCUT2D eigenvalue weighted by atomic mass is 9.79. The minimum atomic E-state index is -0.490. The van der Waals surface area contributed by atoms with Crippen molar-refractivity contribution in [2.75, 3.05) is 32.9 Å². The Kier molecular flexibility index (Phi) is 5.04. The Labute approximate surface area is 160 Å². The number of aromatic amines is 1. The molecule has 0 fully saturated rings. The number of hydrogen-bond donors (Lipinski definition) is 1. The molecular formula is C22H28FN3O. The maximum Gasteiger partial charge on any atom is 0.230 e. The molecule has 0 saturated carbocycles. The van der Waals surface area contributed by atoms with Crippen LogP contribution in [0.3, 0.4) is 0 Å². The third-order valence-electron chi connectivity index (χ3n) is 6.00. The molecule has 2 heterocycles. The molecule has 2 aromatic rings. The number of nitrogens with zero attached hydrogens (tertiary/aromatic N) is 2. The van der Waals surface area contributed by atoms with Crippen LogP contribution in [0.25, 0.3) is 16.5 Å². The van der Waals surface area contributed by atoms with Gasteiger partial charge in [-0.05, 0) is 49.1 Å². The van der Waals surface area contributed by atoms with Crippen LogP contribution in [0.15, 0.2) is 30.5 Å². The maximum absolute atomic E-state index is 13.1. The van der Waals surface area contributed by atoms with Crippen molar-refractivity contribution in [2.45, 2.75) is 32.7 Å². The Bertz CT molecular complexity index is 872. The van der Waals surface area contributed by atoms with E-state index >= 15 is 0 Å². The van der Waals surface area contributed by atoms with E-state index in [1.54, 1.807) is 4.90 Å². The van der Waals surface area contributed by atoms with Crippen LogP contribution in [-0.4, -0.2) is 59.6 Å². The molecule has 4 nitrogen and oxygen atoms in total. The average molecular weight is 369 g/mol. The van der Waals surface area contributed by atoms with Crippen LogP contribution in [0, 0.1) is 5.92 Å². The van der Waals surface area contributed by atoms with E-state index in [0.29, 0.717) is 12.6 Å². The average Bonchev–Trinajstić information content (AvgIpc) is 3.10. The lowest BCUT2D eigenvalue weighted by molar-refractivity contribution is -0.134. The number of carbonyl (C=O) groups excluding carboxylic acids is 1. The molecule has 0 saturated heterocycles. The summed E-state index contributed by atoms with van der Waals surface area (Å²) in [6, 6.07) is 6.68. The van der Waals surface area contributed by atoms with Crippen molar-refractivity contribution in [1.29, 1.82) is 0 Å². The number of benzene rings is 1. The van der Waals surface area contributed by atoms with Crippen LogP contribution in [0.1, 0.15) is 31.4 Å². The highest BCUT2D eigenvalue weighted by Gasteiger charge is 2.37. The Morgan fingerprint density at radius 1 is 1.37 bits per heavy atom. The number of carbonyl (C=O) groups is 1. The fourth-order valence-electron chi connectivity index (χ4n) is 4.78. The highest BCUT2D eigenvalue weighted by molar-refractivity contribution is 5.99. The number of nitrogens with one attached hydrogen (secondary N) is 1. The van der Waals surface area contributed by atoms with Crippen molar-refractivity contribution in [3.8, 4) is 0 Å². The summed E-state index contributed by atoms with van der Waals surface area (Å²) in [5.41, 5.74) is 5.03. The standard InChI is InChI=1S/C22H28FN3O/c1-3-9-26-14-16(22(27)25(4-2)10-8-23)11-18-17-6-5-7-19-21(17)15(13-24-19)12-20(18)26/h5-7,11,13,16,20,24H,3-4,8-10,12,14H2,1-2H3/t16-,20-/m1/s1. The highest BCUT2D eigenvalue weighted by Crippen LogP contribution is 2.41. The van der Waals surface area contributed by atoms with Gasteiger partial charge in [0.1, 0.15) is 6.67 Å². The van der Waals surface area contributed by atoms with Crippen molar-refractivity contribution in [3.05, 3.63) is 41.6 Å². The molecule has 1 aromatic heterocycles. The van der Waals surface area contributed by atoms with E-state index in [2.05, 4.69) is 47.3 Å². The minimum Gasteiger partial charge on any atom is -0.361 e. The predicted octanol–water partition coefficient (Wildman–Crippen LogP) is 3.64. The van der Waals surface area contributed by atoms with E-state index in [1.807, 2.05) is 6.92 Å². The molecule has 1 aromatic carbocycles. The van der Waals surface area contributed by atoms with Crippen LogP contribution in [0.5, 0.6) is 0 Å². The fourth-order valence-corrected chi connectivity index (χ4v) is 4.78. The first kappa shape index (κ1) is 18.2. The minimum absolute atomic E-state index is 0.0502. The third kappa shape index (κ3) is 3.08. The first-order valence-electron chi connectivity index (χ1n) is 10.1. The zero-order valence-corrected chi connectivity index (χ0v) is 16.2. The van der Waals surface area contributed by atoms with Crippen molar-refractivity contribution < 1.29 is 9.18 Å². The Morgan fingerprint density at radius 2 is 2.22 bits per heavy atom. The second-order valence-corrected chi connectivity index (χ2v) is 7.59. The predicted molar refractivity (Wildman–Crippen MR) is 107 cm³/mol. The van der Waals surface area contributed by atoms with Crippen LogP contribution in [-0.2, 0) is 11.2 Å². The summed E-state index contributed by atoms with van der Waals surface area (Å²) in [6.45, 7) is 6.04. The summed E-state index contributed by atoms with van der Waals surface area (Å²) >= 11 is 0. The molecule has 27 heavy (non-hydrogen) atoms. The van der Waals surface area contributed by atoms with Gasteiger partial charge in [-0.2, -0.15) is 0 Å². The number of H-pyrrole nitrogens is 1. The van der Waals surface area contributed by atoms with Crippen LogP contribution in [0.2, 0.25) is 0 Å². The fraction of sp³-hybridized carbons (Fsp3) is 0.500. The number of fused-ring (bicyclic) bond motifs is 2. The van der Waals surface area contributed by atoms with E-state index in [-0.39, 0.29) is 18.4 Å². The van der Waals surface area contributed by atoms with Gasteiger partial charge in [0.15, 0.2) is 0 Å². The SMILES string of the molecule is CCCN1C[C@H](C(=O)N(CC)CCF)C=C2c3cccc4[nH]cc(c34)C[C@H]21. The number of halogens is 1. The van der Waals surface area contributed by atoms with Gasteiger partial charge in [-0.3, -0.25) is 9.69 Å². The molecule has 1 aliphatic carbocycles. The molecule has 1 aliphatic heterocycles. The number of alkyl halides is 1. The second kappa shape index (κ2) is 7.47. The smallest absolute Gasteiger partial charge is 0.230 e. The maximum atomic E-state index is 13.1. The molecular weight excluding hydrogens is 341 g/mol. The van der Waals surface area contributed by atoms with Crippen LogP contribution < -0.4 is 0 Å². The van der Waals surface area contributed by atoms with Gasteiger partial charge in [-0.15, -0.1) is 0 Å². The first-order valence-corrected chi connectivity index (χ1v) is 10.1. The van der Waals surface area contributed by atoms with Gasteiger partial charge >= 0.3 is 0 Å². The zero-order valence-electron chi connectivity index (χ0n) is 16.2. The summed E-state index contributed by atoms with van der Waals surface area (Å²) in [4.78, 5) is 20.6. The molecule has 5 heteroatoms. The molecule has 0 radical (unpaired) electrons. The van der Waals surface area contributed by atoms with Crippen molar-refractivity contribution in [3.63, 3.8) is 0 Å². The van der Waals surface area contributed by atoms with Crippen molar-refractivity contribution >= 4 is 22.4 Å². The molecule has 0 bridgehead atoms. The van der Waals surface area contributed by atoms with E-state index in [1.165, 1.54) is 22.1 Å². The summed E-state index contributed by atoms with van der Waals surface area (Å²) in [6.07, 6.45) is 6.33. The molecule has 1 amide bonds. The van der Waals surface area contributed by atoms with Gasteiger partial charge in [0.05, 0.1) is 5.92 Å². The Hall–Kier alpha value is -2.14. The Balaban J connectivity index is 1.77. The molecule has 1 N–H and O–H groups in total. The van der Waals surface area contributed by atoms with E-state index < -0.39 is 6.67 Å². The number of hydrogen-bond acceptors (Lipinski definition) is 2. The van der Waals surface area contributed by atoms with Gasteiger partial charge < -0.3 is 9.88 Å². The van der Waals surface area contributed by atoms with E-state index in [9.17, 15) is 9.18 Å². The van der Waals surface area contributed by atoms with Crippen molar-refractivity contribution in [1.82, 2.24) is 14.8 Å². The third-order valence-corrected chi connectivity index (χ3v) is 6.00. The molecule has 4 rings (SSSR count). The summed E-state index contributed by atoms with van der Waals surface area (Å²) < 4.78 is 12.9. The number of aromatic nitrogens is 1. The molecule has 144 valence electrons. The molecule has 0 unspecified atom stereocenters. The van der Waals surface area contributed by atoms with E-state index in [0.717, 1.165) is 31.4 Å². The van der Waals surface area contributed by atoms with Crippen LogP contribution >= 0.6 is 0 Å². The topological polar surface area (TPSA) is 39.3 Å². The Morgan fingerprint density at radius 3 is 2.96 bits per heavy atom. The van der Waals surface area contributed by atoms with Gasteiger partial charge in [0, 0.05) is 42.8 Å². The summed E-state index contributed by atoms with van der Waals surface area (Å²) in [7, 11) is 0. The van der Waals surface area contributed by atoms with E-state index in [4.69, 9.17) is 0 Å². The normalized spacial score (nSPS) is 21.8.